The summed E-state index contributed by atoms with van der Waals surface area (Å²) in [6.45, 7) is 0.764. The number of esters is 1. The predicted octanol–water partition coefficient (Wildman–Crippen LogP) is 4.98. The van der Waals surface area contributed by atoms with Gasteiger partial charge in [-0.1, -0.05) is 66.8 Å². The van der Waals surface area contributed by atoms with Crippen molar-refractivity contribution < 1.29 is 9.53 Å². The number of benzene rings is 2. The van der Waals surface area contributed by atoms with E-state index in [9.17, 15) is 4.79 Å². The second-order valence-electron chi connectivity index (χ2n) is 6.54. The van der Waals surface area contributed by atoms with Crippen LogP contribution in [0.25, 0.3) is 12.2 Å². The van der Waals surface area contributed by atoms with E-state index < -0.39 is 0 Å². The van der Waals surface area contributed by atoms with Gasteiger partial charge in [-0.2, -0.15) is 0 Å². The van der Waals surface area contributed by atoms with Gasteiger partial charge in [0.1, 0.15) is 0 Å². The topological polar surface area (TPSA) is 29.5 Å². The molecule has 1 atom stereocenters. The first-order valence-electron chi connectivity index (χ1n) is 8.85. The first-order valence-corrected chi connectivity index (χ1v) is 8.85. The zero-order valence-electron chi connectivity index (χ0n) is 14.8. The molecule has 0 saturated carbocycles. The van der Waals surface area contributed by atoms with Gasteiger partial charge in [0.05, 0.1) is 13.0 Å². The van der Waals surface area contributed by atoms with Crippen LogP contribution in [0.5, 0.6) is 0 Å². The fraction of sp³-hybridized carbons (Fsp3) is 0.174. The second kappa shape index (κ2) is 7.04. The predicted molar refractivity (Wildman–Crippen MR) is 106 cm³/mol. The zero-order chi connectivity index (χ0) is 17.9. The molecule has 0 bridgehead atoms. The number of carbonyl (C=O) groups excluding carboxylic acids is 1. The normalized spacial score (nSPS) is 17.8. The van der Waals surface area contributed by atoms with Crippen LogP contribution in [-0.2, 0) is 9.53 Å². The van der Waals surface area contributed by atoms with Crippen molar-refractivity contribution in [3.05, 3.63) is 83.5 Å². The van der Waals surface area contributed by atoms with E-state index in [1.54, 1.807) is 0 Å². The van der Waals surface area contributed by atoms with Crippen molar-refractivity contribution in [1.29, 1.82) is 0 Å². The summed E-state index contributed by atoms with van der Waals surface area (Å²) in [5.41, 5.74) is 6.00. The molecule has 1 aliphatic heterocycles. The number of anilines is 2. The highest BCUT2D eigenvalue weighted by molar-refractivity contribution is 5.89. The molecule has 2 aromatic carbocycles. The van der Waals surface area contributed by atoms with Gasteiger partial charge >= 0.3 is 5.97 Å². The summed E-state index contributed by atoms with van der Waals surface area (Å²) < 4.78 is 4.85. The van der Waals surface area contributed by atoms with Gasteiger partial charge in [-0.25, -0.2) is 0 Å². The molecule has 0 saturated heterocycles. The van der Waals surface area contributed by atoms with Crippen molar-refractivity contribution in [3.63, 3.8) is 0 Å². The summed E-state index contributed by atoms with van der Waals surface area (Å²) in [4.78, 5) is 14.1. The van der Waals surface area contributed by atoms with Gasteiger partial charge in [-0.3, -0.25) is 4.79 Å². The molecule has 0 aromatic heterocycles. The molecule has 4 rings (SSSR count). The number of allylic oxidation sites excluding steroid dienone is 1. The number of hydrogen-bond donors (Lipinski definition) is 0. The van der Waals surface area contributed by atoms with Crippen molar-refractivity contribution in [3.8, 4) is 0 Å². The molecular weight excluding hydrogens is 322 g/mol. The first kappa shape index (κ1) is 16.4. The first-order chi connectivity index (χ1) is 12.8. The average molecular weight is 343 g/mol. The number of ether oxygens (including phenoxy) is 1. The van der Waals surface area contributed by atoms with E-state index in [0.29, 0.717) is 6.42 Å². The number of rotatable bonds is 3. The Morgan fingerprint density at radius 1 is 1.00 bits per heavy atom. The largest absolute Gasteiger partial charge is 0.469 e. The quantitative estimate of drug-likeness (QED) is 0.736. The van der Waals surface area contributed by atoms with Crippen LogP contribution in [0.1, 0.15) is 17.5 Å². The van der Waals surface area contributed by atoms with Crippen molar-refractivity contribution >= 4 is 29.5 Å². The lowest BCUT2D eigenvalue weighted by Gasteiger charge is -2.28. The molecule has 2 aromatic rings. The Labute approximate surface area is 153 Å². The minimum atomic E-state index is -0.175. The number of fused-ring (bicyclic) bond motifs is 2. The Balaban J connectivity index is 1.67. The van der Waals surface area contributed by atoms with Crippen molar-refractivity contribution in [1.82, 2.24) is 0 Å². The Kier molecular flexibility index (Phi) is 4.44. The van der Waals surface area contributed by atoms with Crippen molar-refractivity contribution in [2.45, 2.75) is 6.42 Å². The molecular formula is C23H21NO2. The Hall–Kier alpha value is -3.07. The third kappa shape index (κ3) is 3.08. The van der Waals surface area contributed by atoms with Gasteiger partial charge < -0.3 is 9.64 Å². The Morgan fingerprint density at radius 2 is 1.62 bits per heavy atom. The molecule has 26 heavy (non-hydrogen) atoms. The lowest BCUT2D eigenvalue weighted by atomic mass is 9.96. The number of methoxy groups -OCH3 is 1. The van der Waals surface area contributed by atoms with Gasteiger partial charge in [0, 0.05) is 17.9 Å². The van der Waals surface area contributed by atoms with Gasteiger partial charge in [-0.15, -0.1) is 0 Å². The maximum atomic E-state index is 11.7. The summed E-state index contributed by atoms with van der Waals surface area (Å²) in [6.07, 6.45) is 11.2. The Morgan fingerprint density at radius 3 is 2.15 bits per heavy atom. The van der Waals surface area contributed by atoms with E-state index in [0.717, 1.165) is 6.54 Å². The molecule has 0 spiro atoms. The van der Waals surface area contributed by atoms with Crippen LogP contribution < -0.4 is 4.90 Å². The average Bonchev–Trinajstić information content (AvgIpc) is 2.86. The van der Waals surface area contributed by atoms with E-state index in [4.69, 9.17) is 4.74 Å². The fourth-order valence-electron chi connectivity index (χ4n) is 3.52. The van der Waals surface area contributed by atoms with Gasteiger partial charge in [0.25, 0.3) is 0 Å². The van der Waals surface area contributed by atoms with Gasteiger partial charge in [0.2, 0.25) is 0 Å². The summed E-state index contributed by atoms with van der Waals surface area (Å²) in [6, 6.07) is 16.9. The lowest BCUT2D eigenvalue weighted by Crippen LogP contribution is -2.22. The Bertz CT molecular complexity index is 874. The highest BCUT2D eigenvalue weighted by Gasteiger charge is 2.21. The molecule has 130 valence electrons. The van der Waals surface area contributed by atoms with Crippen LogP contribution in [0.3, 0.4) is 0 Å². The molecule has 1 heterocycles. The monoisotopic (exact) mass is 343 g/mol. The third-order valence-corrected chi connectivity index (χ3v) is 4.92. The summed E-state index contributed by atoms with van der Waals surface area (Å²) in [7, 11) is 1.44. The summed E-state index contributed by atoms with van der Waals surface area (Å²) in [5, 5.41) is 0. The number of hydrogen-bond acceptors (Lipinski definition) is 3. The molecule has 0 amide bonds. The molecule has 0 fully saturated rings. The SMILES string of the molecule is COC(=O)C1C=CC(CN2c3ccccc3C=Cc3ccccc32)=CC1. The van der Waals surface area contributed by atoms with Gasteiger partial charge in [0.15, 0.2) is 0 Å². The van der Waals surface area contributed by atoms with Crippen LogP contribution in [-0.4, -0.2) is 19.6 Å². The molecule has 3 heteroatoms. The van der Waals surface area contributed by atoms with E-state index in [1.165, 1.54) is 35.2 Å². The van der Waals surface area contributed by atoms with Crippen LogP contribution in [0.2, 0.25) is 0 Å². The third-order valence-electron chi connectivity index (χ3n) is 4.92. The smallest absolute Gasteiger partial charge is 0.312 e. The van der Waals surface area contributed by atoms with Gasteiger partial charge in [-0.05, 0) is 35.3 Å². The molecule has 3 nitrogen and oxygen atoms in total. The van der Waals surface area contributed by atoms with Crippen LogP contribution in [0, 0.1) is 5.92 Å². The van der Waals surface area contributed by atoms with Crippen LogP contribution in [0.4, 0.5) is 11.4 Å². The highest BCUT2D eigenvalue weighted by atomic mass is 16.5. The van der Waals surface area contributed by atoms with E-state index in [2.05, 4.69) is 77.7 Å². The van der Waals surface area contributed by atoms with Crippen LogP contribution >= 0.6 is 0 Å². The van der Waals surface area contributed by atoms with E-state index >= 15 is 0 Å². The summed E-state index contributed by atoms with van der Waals surface area (Å²) in [5.74, 6) is -0.347. The molecule has 0 radical (unpaired) electrons. The second-order valence-corrected chi connectivity index (χ2v) is 6.54. The lowest BCUT2D eigenvalue weighted by molar-refractivity contribution is -0.143. The standard InChI is InChI=1S/C23H21NO2/c1-26-23(25)20-12-10-17(11-13-20)16-24-21-8-4-2-6-18(21)14-15-19-7-3-5-9-22(19)24/h2-12,14-15,20H,13,16H2,1H3. The van der Waals surface area contributed by atoms with Crippen molar-refractivity contribution in [2.75, 3.05) is 18.6 Å². The molecule has 1 unspecified atom stereocenters. The number of para-hydroxylation sites is 2. The molecule has 0 N–H and O–H groups in total. The van der Waals surface area contributed by atoms with E-state index in [-0.39, 0.29) is 11.9 Å². The fourth-order valence-corrected chi connectivity index (χ4v) is 3.52. The van der Waals surface area contributed by atoms with Crippen LogP contribution in [0.15, 0.2) is 72.3 Å². The van der Waals surface area contributed by atoms with E-state index in [1.807, 2.05) is 6.08 Å². The minimum absolute atomic E-state index is 0.172. The highest BCUT2D eigenvalue weighted by Crippen LogP contribution is 2.37. The maximum absolute atomic E-state index is 11.7. The minimum Gasteiger partial charge on any atom is -0.469 e. The zero-order valence-corrected chi connectivity index (χ0v) is 14.8. The maximum Gasteiger partial charge on any atom is 0.312 e. The molecule has 1 aliphatic carbocycles. The summed E-state index contributed by atoms with van der Waals surface area (Å²) >= 11 is 0. The number of nitrogens with zero attached hydrogens (tertiary/aromatic N) is 1. The number of carbonyl (C=O) groups is 1. The van der Waals surface area contributed by atoms with Crippen molar-refractivity contribution in [2.24, 2.45) is 5.92 Å². The molecule has 2 aliphatic rings.